The van der Waals surface area contributed by atoms with Gasteiger partial charge in [0.25, 0.3) is 5.91 Å². The molecule has 0 unspecified atom stereocenters. The first-order valence-corrected chi connectivity index (χ1v) is 7.02. The zero-order chi connectivity index (χ0) is 14.7. The maximum atomic E-state index is 12.1. The fraction of sp³-hybridized carbons (Fsp3) is 0.143. The summed E-state index contributed by atoms with van der Waals surface area (Å²) in [4.78, 5) is 14.1. The van der Waals surface area contributed by atoms with Crippen molar-refractivity contribution >= 4 is 40.3 Å². The van der Waals surface area contributed by atoms with Gasteiger partial charge < -0.3 is 9.84 Å². The molecule has 0 spiro atoms. The fourth-order valence-corrected chi connectivity index (χ4v) is 3.01. The van der Waals surface area contributed by atoms with Crippen LogP contribution in [0.15, 0.2) is 35.8 Å². The largest absolute Gasteiger partial charge is 0.504 e. The molecule has 1 aromatic rings. The maximum absolute atomic E-state index is 12.1. The number of ether oxygens (including phenoxy) is 1. The number of amides is 1. The van der Waals surface area contributed by atoms with Crippen molar-refractivity contribution in [3.8, 4) is 11.5 Å². The van der Waals surface area contributed by atoms with Crippen LogP contribution in [0.25, 0.3) is 6.08 Å². The molecule has 0 bridgehead atoms. The molecule has 1 aliphatic rings. The second kappa shape index (κ2) is 6.11. The van der Waals surface area contributed by atoms with Gasteiger partial charge in [0.2, 0.25) is 0 Å². The Hall–Kier alpha value is -1.79. The third-order valence-corrected chi connectivity index (χ3v) is 4.06. The molecule has 6 heteroatoms. The van der Waals surface area contributed by atoms with Crippen molar-refractivity contribution < 1.29 is 14.6 Å². The zero-order valence-electron chi connectivity index (χ0n) is 10.8. The Bertz CT molecular complexity index is 610. The summed E-state index contributed by atoms with van der Waals surface area (Å²) in [6.45, 7) is 4.00. The molecule has 1 N–H and O–H groups in total. The molecule has 0 aromatic heterocycles. The molecule has 0 atom stereocenters. The Morgan fingerprint density at radius 1 is 1.55 bits per heavy atom. The summed E-state index contributed by atoms with van der Waals surface area (Å²) in [6.07, 6.45) is 3.33. The number of thioether (sulfide) groups is 1. The van der Waals surface area contributed by atoms with Crippen molar-refractivity contribution in [2.24, 2.45) is 0 Å². The molecule has 0 radical (unpaired) electrons. The van der Waals surface area contributed by atoms with Crippen molar-refractivity contribution in [1.82, 2.24) is 4.90 Å². The molecular formula is C14H13NO3S2. The summed E-state index contributed by atoms with van der Waals surface area (Å²) in [5.41, 5.74) is 0.711. The number of nitrogens with zero attached hydrogens (tertiary/aromatic N) is 1. The molecule has 1 amide bonds. The van der Waals surface area contributed by atoms with Gasteiger partial charge in [-0.15, -0.1) is 6.58 Å². The summed E-state index contributed by atoms with van der Waals surface area (Å²) in [7, 11) is 1.48. The van der Waals surface area contributed by atoms with Gasteiger partial charge in [0.05, 0.1) is 12.0 Å². The number of phenols is 1. The molecule has 104 valence electrons. The van der Waals surface area contributed by atoms with E-state index in [-0.39, 0.29) is 11.7 Å². The van der Waals surface area contributed by atoms with Crippen LogP contribution < -0.4 is 4.74 Å². The van der Waals surface area contributed by atoms with Gasteiger partial charge in [-0.25, -0.2) is 0 Å². The number of rotatable bonds is 4. The van der Waals surface area contributed by atoms with Crippen molar-refractivity contribution in [3.05, 3.63) is 41.3 Å². The van der Waals surface area contributed by atoms with E-state index < -0.39 is 0 Å². The van der Waals surface area contributed by atoms with Gasteiger partial charge in [0.1, 0.15) is 4.32 Å². The van der Waals surface area contributed by atoms with Gasteiger partial charge in [-0.3, -0.25) is 9.69 Å². The number of aromatic hydroxyl groups is 1. The number of hydrogen-bond acceptors (Lipinski definition) is 5. The molecule has 2 rings (SSSR count). The van der Waals surface area contributed by atoms with Crippen molar-refractivity contribution in [1.29, 1.82) is 0 Å². The van der Waals surface area contributed by atoms with Crippen LogP contribution >= 0.6 is 24.0 Å². The summed E-state index contributed by atoms with van der Waals surface area (Å²) in [5, 5.41) is 9.72. The van der Waals surface area contributed by atoms with Gasteiger partial charge in [0.15, 0.2) is 11.5 Å². The number of carbonyl (C=O) groups excluding carboxylic acids is 1. The van der Waals surface area contributed by atoms with Crippen LogP contribution in [-0.4, -0.2) is 33.9 Å². The Morgan fingerprint density at radius 2 is 2.30 bits per heavy atom. The molecular weight excluding hydrogens is 294 g/mol. The van der Waals surface area contributed by atoms with E-state index in [1.807, 2.05) is 0 Å². The summed E-state index contributed by atoms with van der Waals surface area (Å²) in [5.74, 6) is 0.277. The lowest BCUT2D eigenvalue weighted by Gasteiger charge is -2.10. The summed E-state index contributed by atoms with van der Waals surface area (Å²) < 4.78 is 5.49. The first-order chi connectivity index (χ1) is 9.56. The van der Waals surface area contributed by atoms with Crippen LogP contribution in [0, 0.1) is 0 Å². The van der Waals surface area contributed by atoms with Crippen molar-refractivity contribution in [3.63, 3.8) is 0 Å². The van der Waals surface area contributed by atoms with Gasteiger partial charge in [-0.2, -0.15) is 0 Å². The van der Waals surface area contributed by atoms with E-state index in [4.69, 9.17) is 17.0 Å². The minimum Gasteiger partial charge on any atom is -0.504 e. The quantitative estimate of drug-likeness (QED) is 0.526. The van der Waals surface area contributed by atoms with Crippen LogP contribution in [0.3, 0.4) is 0 Å². The molecule has 0 saturated carbocycles. The number of thiocarbonyl (C=S) groups is 1. The minimum absolute atomic E-state index is 0.0304. The van der Waals surface area contributed by atoms with Crippen molar-refractivity contribution in [2.75, 3.05) is 13.7 Å². The maximum Gasteiger partial charge on any atom is 0.266 e. The average Bonchev–Trinajstić information content (AvgIpc) is 2.67. The standard InChI is InChI=1S/C14H13NO3S2/c1-3-6-15-13(17)12(20-14(15)19)8-9-4-5-11(18-2)10(16)7-9/h3-5,7-8,16H,1,6H2,2H3/b12-8-. The molecule has 1 heterocycles. The normalized spacial score (nSPS) is 16.9. The fourth-order valence-electron chi connectivity index (χ4n) is 1.73. The highest BCUT2D eigenvalue weighted by Crippen LogP contribution is 2.34. The SMILES string of the molecule is C=CCN1C(=O)/C(=C/c2ccc(OC)c(O)c2)SC1=S. The molecule has 1 aromatic carbocycles. The number of hydrogen-bond donors (Lipinski definition) is 1. The Kier molecular flexibility index (Phi) is 4.46. The lowest BCUT2D eigenvalue weighted by atomic mass is 10.2. The first kappa shape index (κ1) is 14.6. The van der Waals surface area contributed by atoms with Crippen LogP contribution in [0.2, 0.25) is 0 Å². The Morgan fingerprint density at radius 3 is 2.90 bits per heavy atom. The highest BCUT2D eigenvalue weighted by atomic mass is 32.2. The van der Waals surface area contributed by atoms with Crippen LogP contribution in [0.4, 0.5) is 0 Å². The van der Waals surface area contributed by atoms with Crippen LogP contribution in [-0.2, 0) is 4.79 Å². The number of benzene rings is 1. The van der Waals surface area contributed by atoms with Crippen molar-refractivity contribution in [2.45, 2.75) is 0 Å². The van der Waals surface area contributed by atoms with Gasteiger partial charge in [0, 0.05) is 6.54 Å². The van der Waals surface area contributed by atoms with E-state index >= 15 is 0 Å². The van der Waals surface area contributed by atoms with Gasteiger partial charge in [-0.1, -0.05) is 36.1 Å². The second-order valence-corrected chi connectivity index (χ2v) is 5.69. The van der Waals surface area contributed by atoms with E-state index in [0.29, 0.717) is 27.1 Å². The summed E-state index contributed by atoms with van der Waals surface area (Å²) in [6, 6.07) is 4.95. The molecule has 1 aliphatic heterocycles. The highest BCUT2D eigenvalue weighted by Gasteiger charge is 2.30. The topological polar surface area (TPSA) is 49.8 Å². The predicted octanol–water partition coefficient (Wildman–Crippen LogP) is 2.79. The minimum atomic E-state index is -0.143. The van der Waals surface area contributed by atoms with E-state index in [9.17, 15) is 9.90 Å². The Labute approximate surface area is 126 Å². The highest BCUT2D eigenvalue weighted by molar-refractivity contribution is 8.26. The van der Waals surface area contributed by atoms with Crippen LogP contribution in [0.5, 0.6) is 11.5 Å². The number of methoxy groups -OCH3 is 1. The second-order valence-electron chi connectivity index (χ2n) is 4.01. The van der Waals surface area contributed by atoms with E-state index in [1.54, 1.807) is 30.4 Å². The number of carbonyl (C=O) groups is 1. The molecule has 0 aliphatic carbocycles. The van der Waals surface area contributed by atoms with E-state index in [0.717, 1.165) is 0 Å². The number of phenolic OH excluding ortho intramolecular Hbond substituents is 1. The third kappa shape index (κ3) is 2.86. The molecule has 1 saturated heterocycles. The Balaban J connectivity index is 2.28. The van der Waals surface area contributed by atoms with Crippen LogP contribution in [0.1, 0.15) is 5.56 Å². The smallest absolute Gasteiger partial charge is 0.266 e. The van der Waals surface area contributed by atoms with Gasteiger partial charge in [-0.05, 0) is 23.8 Å². The molecule has 4 nitrogen and oxygen atoms in total. The van der Waals surface area contributed by atoms with Gasteiger partial charge >= 0.3 is 0 Å². The lowest BCUT2D eigenvalue weighted by molar-refractivity contribution is -0.121. The molecule has 20 heavy (non-hydrogen) atoms. The van der Waals surface area contributed by atoms with E-state index in [2.05, 4.69) is 6.58 Å². The summed E-state index contributed by atoms with van der Waals surface area (Å²) >= 11 is 6.39. The predicted molar refractivity (Wildman–Crippen MR) is 84.7 cm³/mol. The molecule has 1 fully saturated rings. The first-order valence-electron chi connectivity index (χ1n) is 5.80. The average molecular weight is 307 g/mol. The van der Waals surface area contributed by atoms with E-state index in [1.165, 1.54) is 23.8 Å². The zero-order valence-corrected chi connectivity index (χ0v) is 12.5. The third-order valence-electron chi connectivity index (χ3n) is 2.69. The lowest BCUT2D eigenvalue weighted by Crippen LogP contribution is -2.27. The monoisotopic (exact) mass is 307 g/mol.